The molecule has 1 amide bonds. The second-order valence-corrected chi connectivity index (χ2v) is 12.2. The third-order valence-corrected chi connectivity index (χ3v) is 8.63. The number of carbonyl (C=O) groups excluding carboxylic acids is 1. The highest BCUT2D eigenvalue weighted by Gasteiger charge is 2.36. The molecule has 0 atom stereocenters. The Balaban J connectivity index is 1.21. The summed E-state index contributed by atoms with van der Waals surface area (Å²) in [5.41, 5.74) is 2.10. The van der Waals surface area contributed by atoms with Crippen molar-refractivity contribution >= 4 is 11.7 Å². The van der Waals surface area contributed by atoms with Crippen LogP contribution in [0.25, 0.3) is 22.5 Å². The van der Waals surface area contributed by atoms with E-state index < -0.39 is 17.4 Å². The third-order valence-electron chi connectivity index (χ3n) is 8.63. The van der Waals surface area contributed by atoms with Gasteiger partial charge in [-0.25, -0.2) is 13.8 Å². The molecule has 3 aromatic heterocycles. The van der Waals surface area contributed by atoms with Crippen molar-refractivity contribution in [1.82, 2.24) is 29.6 Å². The SMILES string of the molecule is Cn1cnnc1-c1cc(F)ccc1-c1cc(NC(=O)c2cc(CNCC3(F)CCC3)cn(C3CC3)c2=O)nc(C2CC2)c1. The summed E-state index contributed by atoms with van der Waals surface area (Å²) in [4.78, 5) is 31.8. The second-order valence-electron chi connectivity index (χ2n) is 12.2. The summed E-state index contributed by atoms with van der Waals surface area (Å²) >= 11 is 0. The monoisotopic (exact) mass is 585 g/mol. The minimum absolute atomic E-state index is 0.0199. The van der Waals surface area contributed by atoms with Crippen LogP contribution in [0.15, 0.2) is 53.7 Å². The number of pyridine rings is 2. The van der Waals surface area contributed by atoms with E-state index in [4.69, 9.17) is 4.98 Å². The van der Waals surface area contributed by atoms with Crippen LogP contribution in [0.3, 0.4) is 0 Å². The van der Waals surface area contributed by atoms with Crippen molar-refractivity contribution < 1.29 is 13.6 Å². The predicted molar refractivity (Wildman–Crippen MR) is 158 cm³/mol. The number of aromatic nitrogens is 5. The molecule has 3 aliphatic rings. The lowest BCUT2D eigenvalue weighted by molar-refractivity contribution is 0.0630. The molecule has 0 aliphatic heterocycles. The van der Waals surface area contributed by atoms with E-state index in [0.29, 0.717) is 36.6 Å². The van der Waals surface area contributed by atoms with Crippen LogP contribution < -0.4 is 16.2 Å². The molecule has 43 heavy (non-hydrogen) atoms. The van der Waals surface area contributed by atoms with Crippen LogP contribution >= 0.6 is 0 Å². The van der Waals surface area contributed by atoms with Gasteiger partial charge in [0.15, 0.2) is 5.82 Å². The van der Waals surface area contributed by atoms with Gasteiger partial charge >= 0.3 is 0 Å². The maximum atomic E-state index is 14.5. The van der Waals surface area contributed by atoms with E-state index in [1.54, 1.807) is 46.9 Å². The van der Waals surface area contributed by atoms with Crippen molar-refractivity contribution in [3.63, 3.8) is 0 Å². The molecule has 11 heteroatoms. The van der Waals surface area contributed by atoms with E-state index in [2.05, 4.69) is 20.8 Å². The number of hydrogen-bond donors (Lipinski definition) is 2. The molecule has 3 aliphatic carbocycles. The highest BCUT2D eigenvalue weighted by Crippen LogP contribution is 2.42. The first-order valence-corrected chi connectivity index (χ1v) is 14.9. The normalized spacial score (nSPS) is 17.5. The van der Waals surface area contributed by atoms with Crippen molar-refractivity contribution in [2.24, 2.45) is 7.05 Å². The summed E-state index contributed by atoms with van der Waals surface area (Å²) in [6, 6.07) is 9.86. The fourth-order valence-electron chi connectivity index (χ4n) is 5.74. The highest BCUT2D eigenvalue weighted by molar-refractivity contribution is 6.04. The highest BCUT2D eigenvalue weighted by atomic mass is 19.1. The number of hydrogen-bond acceptors (Lipinski definition) is 6. The van der Waals surface area contributed by atoms with E-state index in [1.807, 2.05) is 6.07 Å². The molecule has 3 heterocycles. The maximum absolute atomic E-state index is 14.5. The van der Waals surface area contributed by atoms with Crippen molar-refractivity contribution in [1.29, 1.82) is 0 Å². The Morgan fingerprint density at radius 2 is 1.91 bits per heavy atom. The van der Waals surface area contributed by atoms with Gasteiger partial charge in [-0.05, 0) is 92.0 Å². The van der Waals surface area contributed by atoms with Gasteiger partial charge in [-0.1, -0.05) is 6.07 Å². The number of nitrogens with zero attached hydrogens (tertiary/aromatic N) is 5. The van der Waals surface area contributed by atoms with Crippen molar-refractivity contribution in [3.05, 3.63) is 81.9 Å². The van der Waals surface area contributed by atoms with Crippen LogP contribution in [0.5, 0.6) is 0 Å². The van der Waals surface area contributed by atoms with Gasteiger partial charge in [-0.2, -0.15) is 0 Å². The first-order chi connectivity index (χ1) is 20.8. The molecule has 7 rings (SSSR count). The molecule has 2 N–H and O–H groups in total. The second kappa shape index (κ2) is 10.8. The molecule has 0 radical (unpaired) electrons. The van der Waals surface area contributed by atoms with Gasteiger partial charge in [0.25, 0.3) is 11.5 Å². The number of nitrogens with one attached hydrogen (secondary N) is 2. The maximum Gasteiger partial charge on any atom is 0.263 e. The molecule has 0 unspecified atom stereocenters. The third kappa shape index (κ3) is 5.73. The van der Waals surface area contributed by atoms with Gasteiger partial charge in [0, 0.05) is 49.6 Å². The fourth-order valence-corrected chi connectivity index (χ4v) is 5.74. The van der Waals surface area contributed by atoms with Crippen molar-refractivity contribution in [3.8, 4) is 22.5 Å². The Bertz CT molecular complexity index is 1770. The number of rotatable bonds is 10. The zero-order valence-electron chi connectivity index (χ0n) is 23.9. The lowest BCUT2D eigenvalue weighted by Gasteiger charge is -2.33. The van der Waals surface area contributed by atoms with E-state index in [9.17, 15) is 18.4 Å². The van der Waals surface area contributed by atoms with Gasteiger partial charge in [-0.15, -0.1) is 10.2 Å². The molecule has 4 aromatic rings. The summed E-state index contributed by atoms with van der Waals surface area (Å²) in [5, 5.41) is 14.2. The van der Waals surface area contributed by atoms with E-state index >= 15 is 0 Å². The first-order valence-electron chi connectivity index (χ1n) is 14.9. The number of carbonyl (C=O) groups is 1. The minimum Gasteiger partial charge on any atom is -0.317 e. The molecule has 3 fully saturated rings. The van der Waals surface area contributed by atoms with E-state index in [0.717, 1.165) is 54.5 Å². The summed E-state index contributed by atoms with van der Waals surface area (Å²) in [6.45, 7) is 0.603. The predicted octanol–water partition coefficient (Wildman–Crippen LogP) is 5.29. The molecule has 222 valence electrons. The molecule has 0 spiro atoms. The zero-order chi connectivity index (χ0) is 29.7. The Labute approximate surface area is 247 Å². The number of alkyl halides is 1. The minimum atomic E-state index is -1.17. The fraction of sp³-hybridized carbons (Fsp3) is 0.406. The summed E-state index contributed by atoms with van der Waals surface area (Å²) in [5.74, 6) is 0.128. The smallest absolute Gasteiger partial charge is 0.263 e. The lowest BCUT2D eigenvalue weighted by atomic mass is 9.82. The largest absolute Gasteiger partial charge is 0.317 e. The number of benzene rings is 1. The molecule has 0 bridgehead atoms. The molecule has 9 nitrogen and oxygen atoms in total. The van der Waals surface area contributed by atoms with Crippen LogP contribution in [-0.2, 0) is 13.6 Å². The number of aryl methyl sites for hydroxylation is 1. The zero-order valence-corrected chi connectivity index (χ0v) is 23.9. The standard InChI is InChI=1S/C32H33F2N7O2/c1-40-18-36-39-29(40)25-14-22(33)5-8-24(25)21-12-27(20-3-4-20)37-28(13-21)38-30(42)26-11-19(15-35-17-32(34)9-2-10-32)16-41(31(26)43)23-6-7-23/h5,8,11-14,16,18,20,23,35H,2-4,6-7,9-10,15,17H2,1H3,(H,37,38,42). The molecule has 3 saturated carbocycles. The van der Waals surface area contributed by atoms with Crippen LogP contribution in [0.4, 0.5) is 14.6 Å². The number of anilines is 1. The Kier molecular flexibility index (Phi) is 6.92. The summed E-state index contributed by atoms with van der Waals surface area (Å²) < 4.78 is 32.3. The van der Waals surface area contributed by atoms with Crippen LogP contribution in [0.1, 0.15) is 78.5 Å². The molecule has 1 aromatic carbocycles. The average Bonchev–Trinajstić information content (AvgIpc) is 3.90. The van der Waals surface area contributed by atoms with Crippen LogP contribution in [-0.4, -0.2) is 42.4 Å². The summed E-state index contributed by atoms with van der Waals surface area (Å²) in [6.07, 6.45) is 9.09. The molecular formula is C32H33F2N7O2. The molecular weight excluding hydrogens is 552 g/mol. The van der Waals surface area contributed by atoms with Gasteiger partial charge < -0.3 is 19.8 Å². The molecule has 0 saturated heterocycles. The summed E-state index contributed by atoms with van der Waals surface area (Å²) in [7, 11) is 1.79. The van der Waals surface area contributed by atoms with E-state index in [1.165, 1.54) is 12.1 Å². The number of halogens is 2. The van der Waals surface area contributed by atoms with Gasteiger partial charge in [0.05, 0.1) is 0 Å². The van der Waals surface area contributed by atoms with Gasteiger partial charge in [0.1, 0.15) is 29.2 Å². The van der Waals surface area contributed by atoms with Crippen LogP contribution in [0.2, 0.25) is 0 Å². The lowest BCUT2D eigenvalue weighted by Crippen LogP contribution is -2.42. The van der Waals surface area contributed by atoms with Gasteiger partial charge in [-0.3, -0.25) is 9.59 Å². The Morgan fingerprint density at radius 3 is 2.58 bits per heavy atom. The topological polar surface area (TPSA) is 107 Å². The van der Waals surface area contributed by atoms with E-state index in [-0.39, 0.29) is 29.6 Å². The first kappa shape index (κ1) is 27.6. The van der Waals surface area contributed by atoms with Gasteiger partial charge in [0.2, 0.25) is 0 Å². The average molecular weight is 586 g/mol. The van der Waals surface area contributed by atoms with Crippen LogP contribution in [0, 0.1) is 5.82 Å². The number of amides is 1. The Hall–Kier alpha value is -4.25. The Morgan fingerprint density at radius 1 is 1.09 bits per heavy atom. The van der Waals surface area contributed by atoms with Crippen molar-refractivity contribution in [2.75, 3.05) is 11.9 Å². The quantitative estimate of drug-likeness (QED) is 0.262. The van der Waals surface area contributed by atoms with Crippen molar-refractivity contribution in [2.45, 2.75) is 69.1 Å².